The fourth-order valence-electron chi connectivity index (χ4n) is 3.32. The van der Waals surface area contributed by atoms with Crippen LogP contribution in [0.2, 0.25) is 0 Å². The number of nitrogens with one attached hydrogen (secondary N) is 2. The Labute approximate surface area is 157 Å². The van der Waals surface area contributed by atoms with Crippen molar-refractivity contribution >= 4 is 17.0 Å². The van der Waals surface area contributed by atoms with E-state index in [0.717, 1.165) is 19.0 Å². The molecule has 0 amide bonds. The number of nitrogens with two attached hydrogens (primary N) is 1. The van der Waals surface area contributed by atoms with Crippen LogP contribution in [0.1, 0.15) is 25.5 Å². The Balaban J connectivity index is 1.78. The fraction of sp³-hybridized carbons (Fsp3) is 0.412. The van der Waals surface area contributed by atoms with E-state index in [1.165, 1.54) is 12.1 Å². The molecule has 0 aromatic carbocycles. The minimum absolute atomic E-state index is 0.0390. The van der Waals surface area contributed by atoms with Crippen LogP contribution < -0.4 is 16.2 Å². The highest BCUT2D eigenvalue weighted by Gasteiger charge is 2.37. The van der Waals surface area contributed by atoms with E-state index in [0.29, 0.717) is 19.0 Å². The van der Waals surface area contributed by atoms with Crippen molar-refractivity contribution in [2.75, 3.05) is 18.0 Å². The lowest BCUT2D eigenvalue weighted by atomic mass is 9.91. The summed E-state index contributed by atoms with van der Waals surface area (Å²) in [4.78, 5) is 25.0. The molecule has 3 aromatic heterocycles. The second-order valence-electron chi connectivity index (χ2n) is 7.22. The van der Waals surface area contributed by atoms with Gasteiger partial charge < -0.3 is 10.6 Å². The van der Waals surface area contributed by atoms with Crippen LogP contribution >= 0.6 is 0 Å². The first kappa shape index (κ1) is 18.4. The number of alkyl halides is 3. The maximum Gasteiger partial charge on any atom is 0.434 e. The molecule has 1 fully saturated rings. The highest BCUT2D eigenvalue weighted by atomic mass is 19.4. The number of piperidine rings is 1. The predicted molar refractivity (Wildman–Crippen MR) is 96.8 cm³/mol. The van der Waals surface area contributed by atoms with Gasteiger partial charge in [-0.25, -0.2) is 0 Å². The average Bonchev–Trinajstić information content (AvgIpc) is 3.05. The Morgan fingerprint density at radius 2 is 2.00 bits per heavy atom. The summed E-state index contributed by atoms with van der Waals surface area (Å²) in [6, 6.07) is 2.59. The molecule has 148 valence electrons. The molecule has 0 saturated carbocycles. The Morgan fingerprint density at radius 1 is 1.29 bits per heavy atom. The average molecular weight is 393 g/mol. The van der Waals surface area contributed by atoms with Crippen LogP contribution in [0, 0.1) is 0 Å². The van der Waals surface area contributed by atoms with Crippen LogP contribution in [-0.2, 0) is 6.18 Å². The van der Waals surface area contributed by atoms with Crippen LogP contribution in [0.15, 0.2) is 23.1 Å². The number of anilines is 1. The third kappa shape index (κ3) is 3.21. The molecule has 28 heavy (non-hydrogen) atoms. The topological polar surface area (TPSA) is 117 Å². The molecule has 11 heteroatoms. The number of hydrogen-bond donors (Lipinski definition) is 3. The van der Waals surface area contributed by atoms with E-state index in [9.17, 15) is 18.0 Å². The first-order valence-electron chi connectivity index (χ1n) is 8.70. The van der Waals surface area contributed by atoms with Crippen LogP contribution in [0.5, 0.6) is 0 Å². The number of aromatic nitrogens is 5. The van der Waals surface area contributed by atoms with Gasteiger partial charge in [0, 0.05) is 30.4 Å². The predicted octanol–water partition coefficient (Wildman–Crippen LogP) is 2.04. The number of halogens is 3. The van der Waals surface area contributed by atoms with Gasteiger partial charge in [-0.15, -0.1) is 0 Å². The number of rotatable bonds is 2. The Hall–Kier alpha value is -2.95. The van der Waals surface area contributed by atoms with Crippen LogP contribution in [-0.4, -0.2) is 43.8 Å². The van der Waals surface area contributed by atoms with Crippen molar-refractivity contribution in [3.63, 3.8) is 0 Å². The van der Waals surface area contributed by atoms with E-state index in [1.807, 2.05) is 11.8 Å². The fourth-order valence-corrected chi connectivity index (χ4v) is 3.32. The normalized spacial score (nSPS) is 17.2. The molecule has 0 radical (unpaired) electrons. The van der Waals surface area contributed by atoms with Crippen molar-refractivity contribution in [2.24, 2.45) is 5.73 Å². The Kier molecular flexibility index (Phi) is 4.14. The van der Waals surface area contributed by atoms with Crippen molar-refractivity contribution in [1.29, 1.82) is 0 Å². The summed E-state index contributed by atoms with van der Waals surface area (Å²) in [7, 11) is 0. The molecule has 1 saturated heterocycles. The second-order valence-corrected chi connectivity index (χ2v) is 7.22. The zero-order chi connectivity index (χ0) is 20.1. The zero-order valence-electron chi connectivity index (χ0n) is 15.0. The molecule has 0 bridgehead atoms. The Morgan fingerprint density at radius 3 is 2.68 bits per heavy atom. The van der Waals surface area contributed by atoms with Gasteiger partial charge in [-0.1, -0.05) is 0 Å². The highest BCUT2D eigenvalue weighted by Crippen LogP contribution is 2.36. The maximum atomic E-state index is 13.3. The van der Waals surface area contributed by atoms with Crippen molar-refractivity contribution in [3.05, 3.63) is 34.4 Å². The zero-order valence-corrected chi connectivity index (χ0v) is 15.0. The van der Waals surface area contributed by atoms with Crippen LogP contribution in [0.25, 0.3) is 22.3 Å². The lowest BCUT2D eigenvalue weighted by Crippen LogP contribution is -2.48. The third-order valence-electron chi connectivity index (χ3n) is 4.95. The van der Waals surface area contributed by atoms with Crippen molar-refractivity contribution in [2.45, 2.75) is 31.5 Å². The lowest BCUT2D eigenvalue weighted by Gasteiger charge is -2.36. The summed E-state index contributed by atoms with van der Waals surface area (Å²) in [5.41, 5.74) is 3.88. The van der Waals surface area contributed by atoms with Gasteiger partial charge in [-0.2, -0.15) is 23.3 Å². The van der Waals surface area contributed by atoms with Gasteiger partial charge >= 0.3 is 6.18 Å². The van der Waals surface area contributed by atoms with E-state index < -0.39 is 17.4 Å². The summed E-state index contributed by atoms with van der Waals surface area (Å²) in [5.74, 6) is 0.338. The van der Waals surface area contributed by atoms with Crippen LogP contribution in [0.4, 0.5) is 19.1 Å². The molecule has 1 aliphatic rings. The highest BCUT2D eigenvalue weighted by molar-refractivity contribution is 5.91. The van der Waals surface area contributed by atoms with E-state index in [1.54, 1.807) is 0 Å². The first-order valence-corrected chi connectivity index (χ1v) is 8.70. The molecular weight excluding hydrogens is 375 g/mol. The summed E-state index contributed by atoms with van der Waals surface area (Å²) < 4.78 is 39.9. The van der Waals surface area contributed by atoms with Crippen molar-refractivity contribution in [3.8, 4) is 11.3 Å². The van der Waals surface area contributed by atoms with Gasteiger partial charge in [0.2, 0.25) is 5.95 Å². The number of hydrogen-bond acceptors (Lipinski definition) is 6. The summed E-state index contributed by atoms with van der Waals surface area (Å²) >= 11 is 0. The van der Waals surface area contributed by atoms with E-state index in [4.69, 9.17) is 5.73 Å². The smallest absolute Gasteiger partial charge is 0.342 e. The molecule has 0 aliphatic carbocycles. The first-order chi connectivity index (χ1) is 13.2. The SMILES string of the molecule is CC1(N)CCN(c2nc3[nH]nc(-c4cccnc4C(F)(F)F)c3c(=O)[nH]2)CC1. The molecule has 4 rings (SSSR count). The molecule has 3 aromatic rings. The molecule has 4 N–H and O–H groups in total. The molecule has 8 nitrogen and oxygen atoms in total. The number of nitrogens with zero attached hydrogens (tertiary/aromatic N) is 4. The summed E-state index contributed by atoms with van der Waals surface area (Å²) in [5, 5.41) is 6.46. The quantitative estimate of drug-likeness (QED) is 0.614. The minimum atomic E-state index is -4.68. The van der Waals surface area contributed by atoms with Gasteiger partial charge in [0.1, 0.15) is 11.1 Å². The molecule has 4 heterocycles. The molecule has 0 unspecified atom stereocenters. The standard InChI is InChI=1S/C17H18F3N7O/c1-16(21)4-7-27(8-5-16)15-23-13-10(14(28)24-15)11(25-26-13)9-3-2-6-22-12(9)17(18,19)20/h2-3,6H,4-5,7-8,21H2,1H3,(H2,23,24,25,26,28). The van der Waals surface area contributed by atoms with Gasteiger partial charge in [0.05, 0.1) is 0 Å². The molecular formula is C17H18F3N7O. The van der Waals surface area contributed by atoms with Crippen molar-refractivity contribution < 1.29 is 13.2 Å². The Bertz CT molecular complexity index is 1080. The van der Waals surface area contributed by atoms with E-state index in [2.05, 4.69) is 25.1 Å². The van der Waals surface area contributed by atoms with E-state index in [-0.39, 0.29) is 27.8 Å². The lowest BCUT2D eigenvalue weighted by molar-refractivity contribution is -0.140. The van der Waals surface area contributed by atoms with Crippen LogP contribution in [0.3, 0.4) is 0 Å². The van der Waals surface area contributed by atoms with E-state index >= 15 is 0 Å². The van der Waals surface area contributed by atoms with Gasteiger partial charge in [0.15, 0.2) is 11.3 Å². The van der Waals surface area contributed by atoms with Gasteiger partial charge in [-0.05, 0) is 31.9 Å². The molecule has 0 atom stereocenters. The maximum absolute atomic E-state index is 13.3. The molecule has 1 aliphatic heterocycles. The minimum Gasteiger partial charge on any atom is -0.342 e. The number of aromatic amines is 2. The monoisotopic (exact) mass is 393 g/mol. The number of pyridine rings is 1. The third-order valence-corrected chi connectivity index (χ3v) is 4.95. The van der Waals surface area contributed by atoms with Crippen molar-refractivity contribution in [1.82, 2.24) is 25.1 Å². The number of H-pyrrole nitrogens is 2. The summed E-state index contributed by atoms with van der Waals surface area (Å²) in [6.45, 7) is 3.20. The second kappa shape index (κ2) is 6.30. The van der Waals surface area contributed by atoms with Gasteiger partial charge in [-0.3, -0.25) is 19.9 Å². The van der Waals surface area contributed by atoms with Gasteiger partial charge in [0.25, 0.3) is 5.56 Å². The summed E-state index contributed by atoms with van der Waals surface area (Å²) in [6.07, 6.45) is -2.17. The molecule has 0 spiro atoms. The number of fused-ring (bicyclic) bond motifs is 1. The largest absolute Gasteiger partial charge is 0.434 e.